The van der Waals surface area contributed by atoms with Crippen LogP contribution in [0.3, 0.4) is 0 Å². The van der Waals surface area contributed by atoms with E-state index in [-0.39, 0.29) is 36.2 Å². The van der Waals surface area contributed by atoms with Crippen LogP contribution in [0.15, 0.2) is 48.7 Å². The Bertz CT molecular complexity index is 1350. The van der Waals surface area contributed by atoms with Crippen molar-refractivity contribution in [1.29, 1.82) is 0 Å². The second-order valence-electron chi connectivity index (χ2n) is 10.6. The molecule has 0 spiro atoms. The number of rotatable bonds is 8. The molecule has 1 atom stereocenters. The topological polar surface area (TPSA) is 125 Å². The SMILES string of the molecule is COc1ccc(C2(CNC(=O)c3cccc4nc(CC(=O)N[C@@H]5CCN(C(=O)O)C5)cn34)CCCCC2)cc1. The molecule has 0 radical (unpaired) electrons. The monoisotopic (exact) mass is 533 g/mol. The van der Waals surface area contributed by atoms with Gasteiger partial charge in [0.1, 0.15) is 17.1 Å². The molecular weight excluding hydrogens is 498 g/mol. The minimum absolute atomic E-state index is 0.0485. The van der Waals surface area contributed by atoms with Crippen LogP contribution in [-0.4, -0.2) is 70.1 Å². The van der Waals surface area contributed by atoms with Gasteiger partial charge in [0, 0.05) is 37.3 Å². The lowest BCUT2D eigenvalue weighted by Crippen LogP contribution is -2.42. The van der Waals surface area contributed by atoms with Crippen molar-refractivity contribution >= 4 is 23.6 Å². The van der Waals surface area contributed by atoms with Crippen molar-refractivity contribution in [2.75, 3.05) is 26.7 Å². The van der Waals surface area contributed by atoms with Crippen LogP contribution in [0.1, 0.15) is 60.3 Å². The van der Waals surface area contributed by atoms with Crippen LogP contribution in [0.2, 0.25) is 0 Å². The average molecular weight is 534 g/mol. The summed E-state index contributed by atoms with van der Waals surface area (Å²) in [6.45, 7) is 1.23. The fraction of sp³-hybridized carbons (Fsp3) is 0.448. The van der Waals surface area contributed by atoms with Crippen LogP contribution in [0.4, 0.5) is 4.79 Å². The van der Waals surface area contributed by atoms with Crippen molar-refractivity contribution in [3.05, 3.63) is 65.6 Å². The Morgan fingerprint density at radius 3 is 2.56 bits per heavy atom. The molecule has 3 N–H and O–H groups in total. The molecule has 1 aliphatic carbocycles. The number of hydrogen-bond donors (Lipinski definition) is 3. The molecule has 3 aromatic rings. The van der Waals surface area contributed by atoms with Crippen LogP contribution < -0.4 is 15.4 Å². The number of carbonyl (C=O) groups is 3. The van der Waals surface area contributed by atoms with Crippen LogP contribution >= 0.6 is 0 Å². The summed E-state index contributed by atoms with van der Waals surface area (Å²) in [6.07, 6.45) is 6.87. The zero-order valence-electron chi connectivity index (χ0n) is 22.2. The van der Waals surface area contributed by atoms with Gasteiger partial charge in [0.2, 0.25) is 5.91 Å². The number of likely N-dealkylation sites (tertiary alicyclic amines) is 1. The van der Waals surface area contributed by atoms with Gasteiger partial charge >= 0.3 is 6.09 Å². The normalized spacial score (nSPS) is 18.6. The van der Waals surface area contributed by atoms with Crippen molar-refractivity contribution in [1.82, 2.24) is 24.9 Å². The molecule has 39 heavy (non-hydrogen) atoms. The number of nitrogens with one attached hydrogen (secondary N) is 2. The lowest BCUT2D eigenvalue weighted by molar-refractivity contribution is -0.121. The van der Waals surface area contributed by atoms with Crippen molar-refractivity contribution in [2.24, 2.45) is 0 Å². The fourth-order valence-corrected chi connectivity index (χ4v) is 5.91. The molecule has 10 heteroatoms. The molecule has 1 saturated heterocycles. The summed E-state index contributed by atoms with van der Waals surface area (Å²) in [4.78, 5) is 43.0. The van der Waals surface area contributed by atoms with Gasteiger partial charge in [-0.25, -0.2) is 9.78 Å². The summed E-state index contributed by atoms with van der Waals surface area (Å²) in [5, 5.41) is 15.2. The maximum Gasteiger partial charge on any atom is 0.407 e. The standard InChI is InChI=1S/C29H35N5O5/c1-39-23-10-8-20(9-11-23)29(13-3-2-4-14-29)19-30-27(36)24-6-5-7-25-31-22(18-34(24)25)16-26(35)32-21-12-15-33(17-21)28(37)38/h5-11,18,21H,2-4,12-17,19H2,1H3,(H,30,36)(H,32,35)(H,37,38)/t21-/m1/s1. The molecule has 5 rings (SSSR count). The van der Waals surface area contributed by atoms with E-state index >= 15 is 0 Å². The number of benzene rings is 1. The number of imidazole rings is 1. The first-order chi connectivity index (χ1) is 18.9. The summed E-state index contributed by atoms with van der Waals surface area (Å²) in [7, 11) is 1.66. The molecule has 2 fully saturated rings. The van der Waals surface area contributed by atoms with E-state index in [1.807, 2.05) is 12.1 Å². The summed E-state index contributed by atoms with van der Waals surface area (Å²) in [5.74, 6) is 0.406. The number of pyridine rings is 1. The Kier molecular flexibility index (Phi) is 7.72. The second-order valence-corrected chi connectivity index (χ2v) is 10.6. The molecular formula is C29H35N5O5. The molecule has 2 aromatic heterocycles. The number of ether oxygens (including phenoxy) is 1. The number of aromatic nitrogens is 2. The highest BCUT2D eigenvalue weighted by Crippen LogP contribution is 2.39. The lowest BCUT2D eigenvalue weighted by Gasteiger charge is -2.38. The number of methoxy groups -OCH3 is 1. The molecule has 3 amide bonds. The van der Waals surface area contributed by atoms with Gasteiger partial charge in [-0.15, -0.1) is 0 Å². The van der Waals surface area contributed by atoms with Crippen LogP contribution in [0.5, 0.6) is 5.75 Å². The maximum absolute atomic E-state index is 13.4. The van der Waals surface area contributed by atoms with Gasteiger partial charge in [-0.3, -0.25) is 14.0 Å². The molecule has 1 aromatic carbocycles. The Balaban J connectivity index is 1.27. The molecule has 1 saturated carbocycles. The van der Waals surface area contributed by atoms with E-state index in [0.717, 1.165) is 31.4 Å². The molecule has 0 unspecified atom stereocenters. The Morgan fingerprint density at radius 2 is 1.87 bits per heavy atom. The maximum atomic E-state index is 13.4. The number of hydrogen-bond acceptors (Lipinski definition) is 5. The van der Waals surface area contributed by atoms with Gasteiger partial charge in [0.25, 0.3) is 5.91 Å². The predicted molar refractivity (Wildman–Crippen MR) is 145 cm³/mol. The molecule has 206 valence electrons. The van der Waals surface area contributed by atoms with Crippen molar-refractivity contribution in [3.63, 3.8) is 0 Å². The summed E-state index contributed by atoms with van der Waals surface area (Å²) < 4.78 is 7.05. The first kappa shape index (κ1) is 26.5. The number of amides is 3. The number of fused-ring (bicyclic) bond motifs is 1. The van der Waals surface area contributed by atoms with Crippen LogP contribution in [0.25, 0.3) is 5.65 Å². The summed E-state index contributed by atoms with van der Waals surface area (Å²) >= 11 is 0. The van der Waals surface area contributed by atoms with Gasteiger partial charge in [0.15, 0.2) is 0 Å². The third-order valence-electron chi connectivity index (χ3n) is 8.04. The predicted octanol–water partition coefficient (Wildman–Crippen LogP) is 3.39. The van der Waals surface area contributed by atoms with Gasteiger partial charge in [-0.2, -0.15) is 0 Å². The Hall–Kier alpha value is -4.08. The third-order valence-corrected chi connectivity index (χ3v) is 8.04. The number of nitrogens with zero attached hydrogens (tertiary/aromatic N) is 3. The molecule has 10 nitrogen and oxygen atoms in total. The first-order valence-corrected chi connectivity index (χ1v) is 13.5. The van der Waals surface area contributed by atoms with Crippen molar-refractivity contribution in [3.8, 4) is 5.75 Å². The van der Waals surface area contributed by atoms with E-state index in [4.69, 9.17) is 9.84 Å². The quantitative estimate of drug-likeness (QED) is 0.408. The average Bonchev–Trinajstić information content (AvgIpc) is 3.59. The molecule has 0 bridgehead atoms. The number of carbonyl (C=O) groups excluding carboxylic acids is 2. The Labute approximate surface area is 227 Å². The highest BCUT2D eigenvalue weighted by Gasteiger charge is 2.34. The minimum atomic E-state index is -0.976. The van der Waals surface area contributed by atoms with E-state index < -0.39 is 6.09 Å². The van der Waals surface area contributed by atoms with Crippen LogP contribution in [0, 0.1) is 0 Å². The van der Waals surface area contributed by atoms with Gasteiger partial charge in [-0.1, -0.05) is 37.5 Å². The summed E-state index contributed by atoms with van der Waals surface area (Å²) in [5.41, 5.74) is 2.68. The molecule has 2 aliphatic rings. The minimum Gasteiger partial charge on any atom is -0.497 e. The van der Waals surface area contributed by atoms with Gasteiger partial charge < -0.3 is 25.4 Å². The third kappa shape index (κ3) is 5.84. The highest BCUT2D eigenvalue weighted by atomic mass is 16.5. The van der Waals surface area contributed by atoms with Crippen LogP contribution in [-0.2, 0) is 16.6 Å². The van der Waals surface area contributed by atoms with Crippen molar-refractivity contribution in [2.45, 2.75) is 56.4 Å². The molecule has 3 heterocycles. The fourth-order valence-electron chi connectivity index (χ4n) is 5.91. The number of carboxylic acid groups (broad SMARTS) is 1. The van der Waals surface area contributed by atoms with Crippen molar-refractivity contribution < 1.29 is 24.2 Å². The van der Waals surface area contributed by atoms with Gasteiger partial charge in [0.05, 0.1) is 19.2 Å². The van der Waals surface area contributed by atoms with E-state index in [0.29, 0.717) is 36.5 Å². The zero-order valence-corrected chi connectivity index (χ0v) is 22.2. The smallest absolute Gasteiger partial charge is 0.407 e. The van der Waals surface area contributed by atoms with E-state index in [9.17, 15) is 14.4 Å². The van der Waals surface area contributed by atoms with Gasteiger partial charge in [-0.05, 0) is 49.1 Å². The second kappa shape index (κ2) is 11.3. The highest BCUT2D eigenvalue weighted by molar-refractivity contribution is 5.93. The van der Waals surface area contributed by atoms with E-state index in [1.165, 1.54) is 16.9 Å². The molecule has 1 aliphatic heterocycles. The largest absolute Gasteiger partial charge is 0.497 e. The Morgan fingerprint density at radius 1 is 1.10 bits per heavy atom. The zero-order chi connectivity index (χ0) is 27.4. The van der Waals surface area contributed by atoms with E-state index in [2.05, 4.69) is 27.8 Å². The summed E-state index contributed by atoms with van der Waals surface area (Å²) in [6, 6.07) is 13.3. The van der Waals surface area contributed by atoms with E-state index in [1.54, 1.807) is 35.9 Å². The lowest BCUT2D eigenvalue weighted by atomic mass is 9.69. The first-order valence-electron chi connectivity index (χ1n) is 13.5.